The highest BCUT2D eigenvalue weighted by atomic mass is 32.1. The SMILES string of the molecule is CCC(NCCCn1ccc2ccccc21)c1cccs1. The maximum absolute atomic E-state index is 3.68. The van der Waals surface area contributed by atoms with Crippen molar-refractivity contribution in [3.8, 4) is 0 Å². The van der Waals surface area contributed by atoms with Crippen molar-refractivity contribution in [2.45, 2.75) is 32.4 Å². The molecule has 3 heteroatoms. The molecular formula is C18H22N2S. The first-order valence-corrected chi connectivity index (χ1v) is 8.57. The summed E-state index contributed by atoms with van der Waals surface area (Å²) in [6, 6.07) is 15.6. The molecule has 0 aliphatic carbocycles. The van der Waals surface area contributed by atoms with Crippen LogP contribution in [0.1, 0.15) is 30.7 Å². The number of hydrogen-bond donors (Lipinski definition) is 1. The summed E-state index contributed by atoms with van der Waals surface area (Å²) in [6.45, 7) is 4.38. The molecular weight excluding hydrogens is 276 g/mol. The molecule has 1 unspecified atom stereocenters. The Labute approximate surface area is 130 Å². The second-order valence-corrected chi connectivity index (χ2v) is 6.33. The van der Waals surface area contributed by atoms with Gasteiger partial charge >= 0.3 is 0 Å². The Hall–Kier alpha value is -1.58. The summed E-state index contributed by atoms with van der Waals surface area (Å²) in [5.74, 6) is 0. The fourth-order valence-corrected chi connectivity index (χ4v) is 3.68. The number of rotatable bonds is 7. The van der Waals surface area contributed by atoms with Crippen molar-refractivity contribution in [1.82, 2.24) is 9.88 Å². The number of aryl methyl sites for hydroxylation is 1. The molecule has 3 aromatic rings. The molecule has 1 N–H and O–H groups in total. The number of thiophene rings is 1. The molecule has 3 rings (SSSR count). The quantitative estimate of drug-likeness (QED) is 0.618. The van der Waals surface area contributed by atoms with Crippen LogP contribution in [0.5, 0.6) is 0 Å². The van der Waals surface area contributed by atoms with E-state index in [0.29, 0.717) is 6.04 Å². The summed E-state index contributed by atoms with van der Waals surface area (Å²) in [5, 5.41) is 7.17. The predicted octanol–water partition coefficient (Wildman–Crippen LogP) is 4.83. The molecule has 0 bridgehead atoms. The molecule has 2 heterocycles. The molecule has 0 saturated heterocycles. The van der Waals surface area contributed by atoms with Gasteiger partial charge in [0.15, 0.2) is 0 Å². The highest BCUT2D eigenvalue weighted by molar-refractivity contribution is 7.10. The maximum Gasteiger partial charge on any atom is 0.0480 e. The summed E-state index contributed by atoms with van der Waals surface area (Å²) < 4.78 is 2.35. The van der Waals surface area contributed by atoms with Gasteiger partial charge in [0.25, 0.3) is 0 Å². The second-order valence-electron chi connectivity index (χ2n) is 5.35. The molecule has 110 valence electrons. The van der Waals surface area contributed by atoms with Crippen molar-refractivity contribution in [1.29, 1.82) is 0 Å². The van der Waals surface area contributed by atoms with Crippen LogP contribution in [0.25, 0.3) is 10.9 Å². The lowest BCUT2D eigenvalue weighted by molar-refractivity contribution is 0.499. The second kappa shape index (κ2) is 6.92. The smallest absolute Gasteiger partial charge is 0.0480 e. The van der Waals surface area contributed by atoms with Crippen LogP contribution >= 0.6 is 11.3 Å². The first kappa shape index (κ1) is 14.4. The van der Waals surface area contributed by atoms with E-state index >= 15 is 0 Å². The van der Waals surface area contributed by atoms with E-state index in [1.807, 2.05) is 11.3 Å². The molecule has 1 aromatic carbocycles. The minimum atomic E-state index is 0.506. The lowest BCUT2D eigenvalue weighted by Gasteiger charge is -2.15. The van der Waals surface area contributed by atoms with Gasteiger partial charge in [0.2, 0.25) is 0 Å². The van der Waals surface area contributed by atoms with Crippen molar-refractivity contribution in [3.05, 3.63) is 58.9 Å². The van der Waals surface area contributed by atoms with Crippen molar-refractivity contribution in [2.24, 2.45) is 0 Å². The number of para-hydroxylation sites is 1. The van der Waals surface area contributed by atoms with Crippen molar-refractivity contribution in [2.75, 3.05) is 6.54 Å². The molecule has 0 aliphatic heterocycles. The zero-order chi connectivity index (χ0) is 14.5. The van der Waals surface area contributed by atoms with Gasteiger partial charge in [0.05, 0.1) is 0 Å². The Morgan fingerprint density at radius 2 is 2.05 bits per heavy atom. The fraction of sp³-hybridized carbons (Fsp3) is 0.333. The van der Waals surface area contributed by atoms with Crippen LogP contribution in [0, 0.1) is 0 Å². The monoisotopic (exact) mass is 298 g/mol. The van der Waals surface area contributed by atoms with Gasteiger partial charge in [-0.05, 0) is 48.4 Å². The van der Waals surface area contributed by atoms with E-state index in [0.717, 1.165) is 25.9 Å². The lowest BCUT2D eigenvalue weighted by Crippen LogP contribution is -2.22. The van der Waals surface area contributed by atoms with Gasteiger partial charge < -0.3 is 9.88 Å². The van der Waals surface area contributed by atoms with Gasteiger partial charge in [-0.25, -0.2) is 0 Å². The highest BCUT2D eigenvalue weighted by Crippen LogP contribution is 2.21. The average molecular weight is 298 g/mol. The van der Waals surface area contributed by atoms with Crippen molar-refractivity contribution >= 4 is 22.2 Å². The first-order chi connectivity index (χ1) is 10.4. The molecule has 0 saturated carbocycles. The number of nitrogens with one attached hydrogen (secondary N) is 1. The van der Waals surface area contributed by atoms with Gasteiger partial charge in [-0.1, -0.05) is 31.2 Å². The van der Waals surface area contributed by atoms with Crippen LogP contribution in [0.3, 0.4) is 0 Å². The fourth-order valence-electron chi connectivity index (χ4n) is 2.80. The third-order valence-corrected chi connectivity index (χ3v) is 4.93. The zero-order valence-electron chi connectivity index (χ0n) is 12.5. The highest BCUT2D eigenvalue weighted by Gasteiger charge is 2.08. The maximum atomic E-state index is 3.68. The summed E-state index contributed by atoms with van der Waals surface area (Å²) in [5.41, 5.74) is 1.34. The van der Waals surface area contributed by atoms with E-state index < -0.39 is 0 Å². The molecule has 2 aromatic heterocycles. The Morgan fingerprint density at radius 3 is 2.86 bits per heavy atom. The topological polar surface area (TPSA) is 17.0 Å². The number of fused-ring (bicyclic) bond motifs is 1. The summed E-state index contributed by atoms with van der Waals surface area (Å²) in [4.78, 5) is 1.45. The lowest BCUT2D eigenvalue weighted by atomic mass is 10.2. The summed E-state index contributed by atoms with van der Waals surface area (Å²) >= 11 is 1.85. The molecule has 0 fully saturated rings. The third kappa shape index (κ3) is 3.36. The van der Waals surface area contributed by atoms with Crippen LogP contribution in [0.2, 0.25) is 0 Å². The number of aromatic nitrogens is 1. The Bertz CT molecular complexity index is 669. The van der Waals surface area contributed by atoms with E-state index in [2.05, 4.69) is 70.8 Å². The van der Waals surface area contributed by atoms with E-state index in [9.17, 15) is 0 Å². The van der Waals surface area contributed by atoms with Crippen LogP contribution in [-0.4, -0.2) is 11.1 Å². The van der Waals surface area contributed by atoms with Crippen LogP contribution in [-0.2, 0) is 6.54 Å². The molecule has 0 amide bonds. The largest absolute Gasteiger partial charge is 0.347 e. The summed E-state index contributed by atoms with van der Waals surface area (Å²) in [6.07, 6.45) is 4.49. The minimum Gasteiger partial charge on any atom is -0.347 e. The standard InChI is InChI=1S/C18H22N2S/c1-2-16(18-9-5-14-21-18)19-11-6-12-20-13-10-15-7-3-4-8-17(15)20/h3-5,7-10,13-14,16,19H,2,6,11-12H2,1H3. The molecule has 0 radical (unpaired) electrons. The predicted molar refractivity (Wildman–Crippen MR) is 91.9 cm³/mol. The van der Waals surface area contributed by atoms with Crippen molar-refractivity contribution < 1.29 is 0 Å². The van der Waals surface area contributed by atoms with E-state index in [1.54, 1.807) is 0 Å². The van der Waals surface area contributed by atoms with E-state index in [4.69, 9.17) is 0 Å². The van der Waals surface area contributed by atoms with Gasteiger partial charge in [0, 0.05) is 29.2 Å². The number of hydrogen-bond acceptors (Lipinski definition) is 2. The third-order valence-electron chi connectivity index (χ3n) is 3.94. The first-order valence-electron chi connectivity index (χ1n) is 7.69. The minimum absolute atomic E-state index is 0.506. The van der Waals surface area contributed by atoms with Gasteiger partial charge in [-0.15, -0.1) is 11.3 Å². The molecule has 1 atom stereocenters. The van der Waals surface area contributed by atoms with Gasteiger partial charge in [0.1, 0.15) is 0 Å². The molecule has 0 aliphatic rings. The number of nitrogens with zero attached hydrogens (tertiary/aromatic N) is 1. The van der Waals surface area contributed by atoms with Gasteiger partial charge in [-0.3, -0.25) is 0 Å². The Kier molecular flexibility index (Phi) is 4.73. The Balaban J connectivity index is 1.52. The zero-order valence-corrected chi connectivity index (χ0v) is 13.3. The molecule has 2 nitrogen and oxygen atoms in total. The van der Waals surface area contributed by atoms with E-state index in [1.165, 1.54) is 15.8 Å². The average Bonchev–Trinajstić information content (AvgIpc) is 3.17. The van der Waals surface area contributed by atoms with Gasteiger partial charge in [-0.2, -0.15) is 0 Å². The normalized spacial score (nSPS) is 12.8. The van der Waals surface area contributed by atoms with Crippen molar-refractivity contribution in [3.63, 3.8) is 0 Å². The number of benzene rings is 1. The molecule has 21 heavy (non-hydrogen) atoms. The van der Waals surface area contributed by atoms with Crippen LogP contribution in [0.4, 0.5) is 0 Å². The summed E-state index contributed by atoms with van der Waals surface area (Å²) in [7, 11) is 0. The van der Waals surface area contributed by atoms with Crippen LogP contribution < -0.4 is 5.32 Å². The van der Waals surface area contributed by atoms with E-state index in [-0.39, 0.29) is 0 Å². The molecule has 0 spiro atoms. The van der Waals surface area contributed by atoms with Crippen LogP contribution in [0.15, 0.2) is 54.0 Å². The Morgan fingerprint density at radius 1 is 1.14 bits per heavy atom.